The van der Waals surface area contributed by atoms with E-state index in [1.54, 1.807) is 23.4 Å². The fourth-order valence-electron chi connectivity index (χ4n) is 4.10. The van der Waals surface area contributed by atoms with Crippen molar-refractivity contribution in [3.05, 3.63) is 88.3 Å². The third-order valence-corrected chi connectivity index (χ3v) is 6.63. The number of benzene rings is 3. The molecule has 0 saturated carbocycles. The summed E-state index contributed by atoms with van der Waals surface area (Å²) < 4.78 is 8.81. The number of nitrogens with one attached hydrogen (secondary N) is 1. The first-order chi connectivity index (χ1) is 15.6. The summed E-state index contributed by atoms with van der Waals surface area (Å²) in [6, 6.07) is 22.5. The van der Waals surface area contributed by atoms with E-state index in [1.807, 2.05) is 48.0 Å². The SMILES string of the molecule is COc1ccc(Cn2c(=O)n(C)c3c(NCCCc4ccccc4SC)cccc32)cc1. The number of anilines is 1. The lowest BCUT2D eigenvalue weighted by Crippen LogP contribution is -2.22. The number of fused-ring (bicyclic) bond motifs is 1. The van der Waals surface area contributed by atoms with Gasteiger partial charge >= 0.3 is 5.69 Å². The minimum absolute atomic E-state index is 0.0148. The van der Waals surface area contributed by atoms with Gasteiger partial charge in [0.25, 0.3) is 0 Å². The number of nitrogens with zero attached hydrogens (tertiary/aromatic N) is 2. The normalized spacial score (nSPS) is 11.1. The summed E-state index contributed by atoms with van der Waals surface area (Å²) in [6.07, 6.45) is 4.17. The van der Waals surface area contributed by atoms with Crippen LogP contribution in [0, 0.1) is 0 Å². The Morgan fingerprint density at radius 3 is 2.53 bits per heavy atom. The first-order valence-corrected chi connectivity index (χ1v) is 12.0. The summed E-state index contributed by atoms with van der Waals surface area (Å²) in [5, 5.41) is 3.56. The zero-order chi connectivity index (χ0) is 22.5. The van der Waals surface area contributed by atoms with Crippen molar-refractivity contribution < 1.29 is 4.74 Å². The molecule has 166 valence electrons. The summed E-state index contributed by atoms with van der Waals surface area (Å²) in [7, 11) is 3.50. The van der Waals surface area contributed by atoms with Crippen LogP contribution >= 0.6 is 11.8 Å². The standard InChI is InChI=1S/C26H29N3O2S/c1-28-25-22(27-17-7-9-20-8-4-5-12-24(20)32-3)10-6-11-23(25)29(26(28)30)18-19-13-15-21(31-2)16-14-19/h4-6,8,10-16,27H,7,9,17-18H2,1-3H3. The average Bonchev–Trinajstić information content (AvgIpc) is 3.08. The van der Waals surface area contributed by atoms with E-state index < -0.39 is 0 Å². The van der Waals surface area contributed by atoms with Crippen molar-refractivity contribution in [3.63, 3.8) is 0 Å². The maximum Gasteiger partial charge on any atom is 0.329 e. The molecule has 1 aromatic heterocycles. The number of hydrogen-bond donors (Lipinski definition) is 1. The van der Waals surface area contributed by atoms with Gasteiger partial charge < -0.3 is 10.1 Å². The van der Waals surface area contributed by atoms with Gasteiger partial charge in [-0.3, -0.25) is 9.13 Å². The Kier molecular flexibility index (Phi) is 6.90. The summed E-state index contributed by atoms with van der Waals surface area (Å²) >= 11 is 1.79. The Morgan fingerprint density at radius 2 is 1.78 bits per heavy atom. The Bertz CT molecular complexity index is 1260. The smallest absolute Gasteiger partial charge is 0.329 e. The van der Waals surface area contributed by atoms with Gasteiger partial charge in [-0.25, -0.2) is 4.79 Å². The molecule has 4 aromatic rings. The van der Waals surface area contributed by atoms with Gasteiger partial charge in [-0.05, 0) is 60.6 Å². The van der Waals surface area contributed by atoms with Crippen molar-refractivity contribution >= 4 is 28.5 Å². The number of para-hydroxylation sites is 1. The molecule has 32 heavy (non-hydrogen) atoms. The van der Waals surface area contributed by atoms with E-state index in [0.717, 1.165) is 47.4 Å². The highest BCUT2D eigenvalue weighted by molar-refractivity contribution is 7.98. The van der Waals surface area contributed by atoms with Crippen molar-refractivity contribution in [2.24, 2.45) is 7.05 Å². The van der Waals surface area contributed by atoms with E-state index in [1.165, 1.54) is 10.5 Å². The average molecular weight is 448 g/mol. The summed E-state index contributed by atoms with van der Waals surface area (Å²) in [5.74, 6) is 0.811. The molecule has 0 aliphatic carbocycles. The van der Waals surface area contributed by atoms with Crippen molar-refractivity contribution in [1.82, 2.24) is 9.13 Å². The van der Waals surface area contributed by atoms with Gasteiger partial charge in [-0.1, -0.05) is 36.4 Å². The number of aryl methyl sites for hydroxylation is 2. The Labute approximate surface area is 193 Å². The molecule has 1 heterocycles. The van der Waals surface area contributed by atoms with Gasteiger partial charge in [0.1, 0.15) is 5.75 Å². The second-order valence-electron chi connectivity index (χ2n) is 7.79. The molecule has 0 bridgehead atoms. The van der Waals surface area contributed by atoms with Crippen molar-refractivity contribution in [2.45, 2.75) is 24.3 Å². The molecule has 0 unspecified atom stereocenters. The third kappa shape index (κ3) is 4.55. The maximum absolute atomic E-state index is 13.0. The van der Waals surface area contributed by atoms with Gasteiger partial charge in [0.05, 0.1) is 30.4 Å². The molecule has 4 rings (SSSR count). The monoisotopic (exact) mass is 447 g/mol. The molecule has 5 nitrogen and oxygen atoms in total. The second kappa shape index (κ2) is 10.0. The highest BCUT2D eigenvalue weighted by Gasteiger charge is 2.14. The van der Waals surface area contributed by atoms with Crippen molar-refractivity contribution in [3.8, 4) is 5.75 Å². The van der Waals surface area contributed by atoms with Crippen LogP contribution in [0.3, 0.4) is 0 Å². The molecule has 0 fully saturated rings. The van der Waals surface area contributed by atoms with Crippen LogP contribution < -0.4 is 15.7 Å². The number of imidazole rings is 1. The third-order valence-electron chi connectivity index (χ3n) is 5.79. The highest BCUT2D eigenvalue weighted by Crippen LogP contribution is 2.24. The Hall–Kier alpha value is -3.12. The van der Waals surface area contributed by atoms with Crippen LogP contribution in [0.25, 0.3) is 11.0 Å². The first kappa shape index (κ1) is 22.1. The number of rotatable bonds is 9. The van der Waals surface area contributed by atoms with Crippen LogP contribution in [0.15, 0.2) is 76.4 Å². The molecule has 6 heteroatoms. The lowest BCUT2D eigenvalue weighted by molar-refractivity contribution is 0.414. The van der Waals surface area contributed by atoms with E-state index in [4.69, 9.17) is 4.74 Å². The second-order valence-corrected chi connectivity index (χ2v) is 8.64. The topological polar surface area (TPSA) is 48.2 Å². The maximum atomic E-state index is 13.0. The Balaban J connectivity index is 1.52. The quantitative estimate of drug-likeness (QED) is 0.284. The largest absolute Gasteiger partial charge is 0.497 e. The van der Waals surface area contributed by atoms with E-state index in [-0.39, 0.29) is 5.69 Å². The van der Waals surface area contributed by atoms with Gasteiger partial charge in [-0.15, -0.1) is 11.8 Å². The van der Waals surface area contributed by atoms with Crippen LogP contribution in [0.5, 0.6) is 5.75 Å². The number of methoxy groups -OCH3 is 1. The molecule has 0 aliphatic rings. The summed E-state index contributed by atoms with van der Waals surface area (Å²) in [4.78, 5) is 14.4. The number of ether oxygens (including phenoxy) is 1. The lowest BCUT2D eigenvalue weighted by atomic mass is 10.1. The number of hydrogen-bond acceptors (Lipinski definition) is 4. The van der Waals surface area contributed by atoms with E-state index >= 15 is 0 Å². The zero-order valence-electron chi connectivity index (χ0n) is 18.8. The zero-order valence-corrected chi connectivity index (χ0v) is 19.6. The first-order valence-electron chi connectivity index (χ1n) is 10.8. The molecule has 1 N–H and O–H groups in total. The number of aromatic nitrogens is 2. The molecule has 0 aliphatic heterocycles. The van der Waals surface area contributed by atoms with Crippen molar-refractivity contribution in [2.75, 3.05) is 25.2 Å². The number of thioether (sulfide) groups is 1. The Morgan fingerprint density at radius 1 is 1.00 bits per heavy atom. The van der Waals surface area contributed by atoms with Gasteiger partial charge in [0.15, 0.2) is 0 Å². The molecule has 0 radical (unpaired) electrons. The fourth-order valence-corrected chi connectivity index (χ4v) is 4.75. The molecule has 0 spiro atoms. The predicted octanol–water partition coefficient (Wildman–Crippen LogP) is 5.16. The molecule has 0 amide bonds. The van der Waals surface area contributed by atoms with Crippen LogP contribution in [0.2, 0.25) is 0 Å². The lowest BCUT2D eigenvalue weighted by Gasteiger charge is -2.11. The fraction of sp³-hybridized carbons (Fsp3) is 0.269. The predicted molar refractivity (Wildman–Crippen MR) is 134 cm³/mol. The van der Waals surface area contributed by atoms with Crippen LogP contribution in [0.4, 0.5) is 5.69 Å². The van der Waals surface area contributed by atoms with Crippen LogP contribution in [-0.2, 0) is 20.0 Å². The molecular formula is C26H29N3O2S. The minimum atomic E-state index is -0.0148. The van der Waals surface area contributed by atoms with Crippen LogP contribution in [0.1, 0.15) is 17.5 Å². The summed E-state index contributed by atoms with van der Waals surface area (Å²) in [6.45, 7) is 1.37. The van der Waals surface area contributed by atoms with E-state index in [2.05, 4.69) is 41.9 Å². The van der Waals surface area contributed by atoms with Gasteiger partial charge in [-0.2, -0.15) is 0 Å². The van der Waals surface area contributed by atoms with E-state index in [9.17, 15) is 4.79 Å². The van der Waals surface area contributed by atoms with E-state index in [0.29, 0.717) is 6.54 Å². The van der Waals surface area contributed by atoms with Gasteiger partial charge in [0, 0.05) is 18.5 Å². The molecule has 3 aromatic carbocycles. The van der Waals surface area contributed by atoms with Gasteiger partial charge in [0.2, 0.25) is 0 Å². The highest BCUT2D eigenvalue weighted by atomic mass is 32.2. The molecule has 0 atom stereocenters. The minimum Gasteiger partial charge on any atom is -0.497 e. The van der Waals surface area contributed by atoms with Crippen LogP contribution in [-0.4, -0.2) is 29.0 Å². The van der Waals surface area contributed by atoms with Crippen molar-refractivity contribution in [1.29, 1.82) is 0 Å². The summed E-state index contributed by atoms with van der Waals surface area (Å²) in [5.41, 5.74) is 5.30. The molecular weight excluding hydrogens is 418 g/mol. The molecule has 0 saturated heterocycles.